The first kappa shape index (κ1) is 13.2. The van der Waals surface area contributed by atoms with Crippen molar-refractivity contribution in [3.05, 3.63) is 47.9 Å². The number of H-pyrrole nitrogens is 1. The zero-order chi connectivity index (χ0) is 14.9. The molecular weight excluding hydrogens is 276 g/mol. The van der Waals surface area contributed by atoms with Gasteiger partial charge in [-0.05, 0) is 43.7 Å². The molecule has 2 aromatic heterocycles. The third-order valence-electron chi connectivity index (χ3n) is 4.19. The average Bonchev–Trinajstić information content (AvgIpc) is 3.15. The molecule has 1 atom stereocenters. The number of para-hydroxylation sites is 2. The molecule has 0 amide bonds. The summed E-state index contributed by atoms with van der Waals surface area (Å²) in [7, 11) is 0. The van der Waals surface area contributed by atoms with Gasteiger partial charge >= 0.3 is 0 Å². The molecule has 6 heteroatoms. The van der Waals surface area contributed by atoms with Crippen molar-refractivity contribution >= 4 is 16.9 Å². The first-order valence-corrected chi connectivity index (χ1v) is 7.56. The van der Waals surface area contributed by atoms with Gasteiger partial charge < -0.3 is 10.7 Å². The van der Waals surface area contributed by atoms with Gasteiger partial charge in [-0.2, -0.15) is 5.10 Å². The average molecular weight is 294 g/mol. The van der Waals surface area contributed by atoms with Gasteiger partial charge in [-0.25, -0.2) is 4.98 Å². The van der Waals surface area contributed by atoms with Crippen LogP contribution in [0.15, 0.2) is 36.4 Å². The molecule has 1 fully saturated rings. The summed E-state index contributed by atoms with van der Waals surface area (Å²) < 4.78 is 0. The zero-order valence-corrected chi connectivity index (χ0v) is 12.2. The van der Waals surface area contributed by atoms with Gasteiger partial charge in [-0.3, -0.25) is 4.90 Å². The van der Waals surface area contributed by atoms with E-state index in [1.165, 1.54) is 6.42 Å². The van der Waals surface area contributed by atoms with E-state index >= 15 is 0 Å². The number of imidazole rings is 1. The van der Waals surface area contributed by atoms with E-state index in [0.29, 0.717) is 11.9 Å². The first-order valence-electron chi connectivity index (χ1n) is 7.56. The molecule has 1 aromatic carbocycles. The first-order chi connectivity index (χ1) is 10.8. The molecule has 4 rings (SSSR count). The van der Waals surface area contributed by atoms with Gasteiger partial charge in [0.1, 0.15) is 11.6 Å². The molecule has 1 aliphatic rings. The quantitative estimate of drug-likeness (QED) is 0.774. The van der Waals surface area contributed by atoms with E-state index in [4.69, 9.17) is 10.7 Å². The maximum Gasteiger partial charge on any atom is 0.146 e. The fraction of sp³-hybridized carbons (Fsp3) is 0.312. The number of anilines is 1. The van der Waals surface area contributed by atoms with Crippen LogP contribution in [0.2, 0.25) is 0 Å². The number of rotatable bonds is 3. The Morgan fingerprint density at radius 1 is 1.18 bits per heavy atom. The SMILES string of the molecule is Nc1ccc(CN2CCCC2c2nc3ccccc3[nH]2)nn1. The van der Waals surface area contributed by atoms with E-state index in [1.807, 2.05) is 24.3 Å². The number of aromatic nitrogens is 4. The molecule has 1 saturated heterocycles. The Kier molecular flexibility index (Phi) is 3.23. The number of hydrogen-bond acceptors (Lipinski definition) is 5. The lowest BCUT2D eigenvalue weighted by Gasteiger charge is -2.22. The van der Waals surface area contributed by atoms with Crippen LogP contribution in [0.1, 0.15) is 30.4 Å². The minimum Gasteiger partial charge on any atom is -0.382 e. The van der Waals surface area contributed by atoms with E-state index in [2.05, 4.69) is 26.1 Å². The normalized spacial score (nSPS) is 19.0. The Morgan fingerprint density at radius 3 is 2.91 bits per heavy atom. The van der Waals surface area contributed by atoms with Crippen molar-refractivity contribution < 1.29 is 0 Å². The van der Waals surface area contributed by atoms with Crippen LogP contribution in [-0.4, -0.2) is 31.6 Å². The summed E-state index contributed by atoms with van der Waals surface area (Å²) in [6.07, 6.45) is 2.28. The highest BCUT2D eigenvalue weighted by molar-refractivity contribution is 5.74. The lowest BCUT2D eigenvalue weighted by atomic mass is 10.2. The van der Waals surface area contributed by atoms with Gasteiger partial charge in [-0.15, -0.1) is 5.10 Å². The van der Waals surface area contributed by atoms with Gasteiger partial charge in [0.05, 0.1) is 22.8 Å². The van der Waals surface area contributed by atoms with Crippen molar-refractivity contribution in [3.8, 4) is 0 Å². The molecule has 22 heavy (non-hydrogen) atoms. The topological polar surface area (TPSA) is 83.7 Å². The predicted molar refractivity (Wildman–Crippen MR) is 84.9 cm³/mol. The Labute approximate surface area is 128 Å². The van der Waals surface area contributed by atoms with Crippen molar-refractivity contribution in [2.45, 2.75) is 25.4 Å². The van der Waals surface area contributed by atoms with Crippen molar-refractivity contribution in [1.82, 2.24) is 25.1 Å². The Bertz CT molecular complexity index is 746. The Morgan fingerprint density at radius 2 is 2.09 bits per heavy atom. The van der Waals surface area contributed by atoms with Crippen molar-refractivity contribution in [3.63, 3.8) is 0 Å². The largest absolute Gasteiger partial charge is 0.382 e. The zero-order valence-electron chi connectivity index (χ0n) is 12.2. The summed E-state index contributed by atoms with van der Waals surface area (Å²) in [5.41, 5.74) is 8.65. The van der Waals surface area contributed by atoms with Crippen LogP contribution < -0.4 is 5.73 Å². The van der Waals surface area contributed by atoms with Gasteiger partial charge in [0.25, 0.3) is 0 Å². The van der Waals surface area contributed by atoms with E-state index in [0.717, 1.165) is 42.1 Å². The molecule has 3 aromatic rings. The van der Waals surface area contributed by atoms with Gasteiger partial charge in [-0.1, -0.05) is 12.1 Å². The number of aromatic amines is 1. The number of benzene rings is 1. The van der Waals surface area contributed by atoms with Crippen LogP contribution in [-0.2, 0) is 6.54 Å². The smallest absolute Gasteiger partial charge is 0.146 e. The van der Waals surface area contributed by atoms with Gasteiger partial charge in [0, 0.05) is 6.54 Å². The number of fused-ring (bicyclic) bond motifs is 1. The van der Waals surface area contributed by atoms with E-state index in [-0.39, 0.29) is 0 Å². The Hall–Kier alpha value is -2.47. The summed E-state index contributed by atoms with van der Waals surface area (Å²) in [6, 6.07) is 12.2. The molecule has 0 bridgehead atoms. The number of nitrogens with two attached hydrogens (primary N) is 1. The second-order valence-electron chi connectivity index (χ2n) is 5.72. The number of hydrogen-bond donors (Lipinski definition) is 2. The number of nitrogens with one attached hydrogen (secondary N) is 1. The van der Waals surface area contributed by atoms with E-state index < -0.39 is 0 Å². The summed E-state index contributed by atoms with van der Waals surface area (Å²) in [6.45, 7) is 1.82. The summed E-state index contributed by atoms with van der Waals surface area (Å²) in [5.74, 6) is 1.50. The predicted octanol–water partition coefficient (Wildman–Crippen LogP) is 2.27. The minimum atomic E-state index is 0.312. The summed E-state index contributed by atoms with van der Waals surface area (Å²) in [5, 5.41) is 8.10. The van der Waals surface area contributed by atoms with Crippen LogP contribution in [0.5, 0.6) is 0 Å². The maximum absolute atomic E-state index is 5.59. The van der Waals surface area contributed by atoms with Crippen LogP contribution in [0.4, 0.5) is 5.82 Å². The molecule has 6 nitrogen and oxygen atoms in total. The minimum absolute atomic E-state index is 0.312. The van der Waals surface area contributed by atoms with Crippen molar-refractivity contribution in [2.24, 2.45) is 0 Å². The number of nitrogens with zero attached hydrogens (tertiary/aromatic N) is 4. The standard InChI is InChI=1S/C16H18N6/c17-15-8-7-11(20-21-15)10-22-9-3-6-14(22)16-18-12-4-1-2-5-13(12)19-16/h1-2,4-5,7-8,14H,3,6,9-10H2,(H2,17,21)(H,18,19). The molecule has 3 heterocycles. The lowest BCUT2D eigenvalue weighted by molar-refractivity contribution is 0.237. The molecule has 0 aliphatic carbocycles. The molecule has 1 unspecified atom stereocenters. The third kappa shape index (κ3) is 2.42. The third-order valence-corrected chi connectivity index (χ3v) is 4.19. The molecular formula is C16H18N6. The lowest BCUT2D eigenvalue weighted by Crippen LogP contribution is -2.24. The fourth-order valence-electron chi connectivity index (χ4n) is 3.12. The highest BCUT2D eigenvalue weighted by Crippen LogP contribution is 2.32. The second-order valence-corrected chi connectivity index (χ2v) is 5.72. The molecule has 0 saturated carbocycles. The highest BCUT2D eigenvalue weighted by Gasteiger charge is 2.28. The monoisotopic (exact) mass is 294 g/mol. The second kappa shape index (κ2) is 5.38. The Balaban J connectivity index is 1.58. The maximum atomic E-state index is 5.59. The number of likely N-dealkylation sites (tertiary alicyclic amines) is 1. The van der Waals surface area contributed by atoms with Crippen LogP contribution in [0.25, 0.3) is 11.0 Å². The van der Waals surface area contributed by atoms with Crippen molar-refractivity contribution in [2.75, 3.05) is 12.3 Å². The molecule has 112 valence electrons. The van der Waals surface area contributed by atoms with Crippen LogP contribution >= 0.6 is 0 Å². The van der Waals surface area contributed by atoms with Crippen LogP contribution in [0, 0.1) is 0 Å². The van der Waals surface area contributed by atoms with Crippen LogP contribution in [0.3, 0.4) is 0 Å². The molecule has 0 radical (unpaired) electrons. The fourth-order valence-corrected chi connectivity index (χ4v) is 3.12. The molecule has 1 aliphatic heterocycles. The number of nitrogen functional groups attached to an aromatic ring is 1. The van der Waals surface area contributed by atoms with E-state index in [9.17, 15) is 0 Å². The molecule has 0 spiro atoms. The van der Waals surface area contributed by atoms with Crippen molar-refractivity contribution in [1.29, 1.82) is 0 Å². The van der Waals surface area contributed by atoms with Gasteiger partial charge in [0.15, 0.2) is 0 Å². The van der Waals surface area contributed by atoms with Gasteiger partial charge in [0.2, 0.25) is 0 Å². The molecule has 3 N–H and O–H groups in total. The summed E-state index contributed by atoms with van der Waals surface area (Å²) >= 11 is 0. The highest BCUT2D eigenvalue weighted by atomic mass is 15.2. The van der Waals surface area contributed by atoms with E-state index in [1.54, 1.807) is 6.07 Å². The summed E-state index contributed by atoms with van der Waals surface area (Å²) in [4.78, 5) is 10.6.